The molecule has 21 heavy (non-hydrogen) atoms. The summed E-state index contributed by atoms with van der Waals surface area (Å²) < 4.78 is 0. The molecule has 1 aromatic heterocycles. The van der Waals surface area contributed by atoms with E-state index in [4.69, 9.17) is 5.73 Å². The Kier molecular flexibility index (Phi) is 3.37. The van der Waals surface area contributed by atoms with Gasteiger partial charge in [0.05, 0.1) is 5.52 Å². The molecule has 3 N–H and O–H groups in total. The first-order valence-electron chi connectivity index (χ1n) is 7.09. The smallest absolute Gasteiger partial charge is 0.274 e. The van der Waals surface area contributed by atoms with Gasteiger partial charge in [-0.1, -0.05) is 11.6 Å². The van der Waals surface area contributed by atoms with Gasteiger partial charge in [-0.15, -0.1) is 0 Å². The van der Waals surface area contributed by atoms with E-state index in [0.29, 0.717) is 31.6 Å². The molecule has 110 valence electrons. The van der Waals surface area contributed by atoms with Crippen LogP contribution in [0.2, 0.25) is 0 Å². The second-order valence-corrected chi connectivity index (χ2v) is 5.59. The van der Waals surface area contributed by atoms with Gasteiger partial charge in [0, 0.05) is 24.4 Å². The molecule has 3 rings (SSSR count). The van der Waals surface area contributed by atoms with Crippen LogP contribution in [0.3, 0.4) is 0 Å². The van der Waals surface area contributed by atoms with E-state index in [1.807, 2.05) is 25.1 Å². The maximum absolute atomic E-state index is 12.6. The first-order valence-corrected chi connectivity index (χ1v) is 7.09. The van der Waals surface area contributed by atoms with Crippen LogP contribution in [0, 0.1) is 12.8 Å². The molecule has 1 fully saturated rings. The Morgan fingerprint density at radius 1 is 1.33 bits per heavy atom. The number of benzene rings is 1. The van der Waals surface area contributed by atoms with Gasteiger partial charge in [0.25, 0.3) is 5.91 Å². The minimum atomic E-state index is -0.275. The third-order valence-electron chi connectivity index (χ3n) is 4.11. The number of carbonyl (C=O) groups is 2. The number of likely N-dealkylation sites (tertiary alicyclic amines) is 1. The lowest BCUT2D eigenvalue weighted by Crippen LogP contribution is -2.41. The van der Waals surface area contributed by atoms with Crippen LogP contribution < -0.4 is 5.73 Å². The van der Waals surface area contributed by atoms with Gasteiger partial charge in [0.1, 0.15) is 0 Å². The van der Waals surface area contributed by atoms with E-state index in [9.17, 15) is 9.59 Å². The molecule has 6 heteroatoms. The normalized spacial score (nSPS) is 16.3. The number of nitrogens with two attached hydrogens (primary N) is 1. The highest BCUT2D eigenvalue weighted by molar-refractivity contribution is 6.04. The number of primary amides is 1. The van der Waals surface area contributed by atoms with Gasteiger partial charge < -0.3 is 10.6 Å². The van der Waals surface area contributed by atoms with Crippen molar-refractivity contribution in [3.05, 3.63) is 29.5 Å². The molecular formula is C15H18N4O2. The molecule has 0 spiro atoms. The molecule has 0 bridgehead atoms. The summed E-state index contributed by atoms with van der Waals surface area (Å²) in [4.78, 5) is 25.5. The number of aromatic nitrogens is 2. The largest absolute Gasteiger partial charge is 0.369 e. The fraction of sp³-hybridized carbons (Fsp3) is 0.400. The van der Waals surface area contributed by atoms with E-state index in [1.54, 1.807) is 4.90 Å². The lowest BCUT2D eigenvalue weighted by molar-refractivity contribution is -0.123. The van der Waals surface area contributed by atoms with Gasteiger partial charge in [-0.25, -0.2) is 0 Å². The molecule has 1 aliphatic rings. The second-order valence-electron chi connectivity index (χ2n) is 5.59. The highest BCUT2D eigenvalue weighted by Gasteiger charge is 2.28. The Morgan fingerprint density at radius 3 is 2.71 bits per heavy atom. The number of amides is 2. The zero-order valence-corrected chi connectivity index (χ0v) is 11.9. The SMILES string of the molecule is Cc1ccc2[nH]nc(C(=O)N3CCC(C(N)=O)CC3)c2c1. The van der Waals surface area contributed by atoms with Crippen LogP contribution in [0.15, 0.2) is 18.2 Å². The lowest BCUT2D eigenvalue weighted by Gasteiger charge is -2.30. The number of carbonyl (C=O) groups excluding carboxylic acids is 2. The zero-order valence-electron chi connectivity index (χ0n) is 11.9. The summed E-state index contributed by atoms with van der Waals surface area (Å²) >= 11 is 0. The summed E-state index contributed by atoms with van der Waals surface area (Å²) in [7, 11) is 0. The highest BCUT2D eigenvalue weighted by atomic mass is 16.2. The van der Waals surface area contributed by atoms with Crippen LogP contribution in [-0.2, 0) is 4.79 Å². The molecule has 2 aromatic rings. The quantitative estimate of drug-likeness (QED) is 0.869. The van der Waals surface area contributed by atoms with Crippen molar-refractivity contribution in [3.8, 4) is 0 Å². The number of piperidine rings is 1. The first-order chi connectivity index (χ1) is 10.1. The van der Waals surface area contributed by atoms with E-state index >= 15 is 0 Å². The molecule has 0 saturated carbocycles. The van der Waals surface area contributed by atoms with Gasteiger partial charge in [-0.3, -0.25) is 14.7 Å². The minimum Gasteiger partial charge on any atom is -0.369 e. The fourth-order valence-electron chi connectivity index (χ4n) is 2.81. The summed E-state index contributed by atoms with van der Waals surface area (Å²) in [5.74, 6) is -0.482. The van der Waals surface area contributed by atoms with Crippen LogP contribution in [-0.4, -0.2) is 40.0 Å². The molecule has 6 nitrogen and oxygen atoms in total. The Hall–Kier alpha value is -2.37. The van der Waals surface area contributed by atoms with Crippen molar-refractivity contribution in [2.45, 2.75) is 19.8 Å². The van der Waals surface area contributed by atoms with Crippen molar-refractivity contribution in [2.75, 3.05) is 13.1 Å². The van der Waals surface area contributed by atoms with E-state index in [2.05, 4.69) is 10.2 Å². The number of nitrogens with one attached hydrogen (secondary N) is 1. The lowest BCUT2D eigenvalue weighted by atomic mass is 9.96. The fourth-order valence-corrected chi connectivity index (χ4v) is 2.81. The molecule has 1 aromatic carbocycles. The Bertz CT molecular complexity index is 699. The Balaban J connectivity index is 1.82. The second kappa shape index (κ2) is 5.20. The molecule has 2 amide bonds. The van der Waals surface area contributed by atoms with Crippen LogP contribution in [0.4, 0.5) is 0 Å². The molecule has 0 atom stereocenters. The zero-order chi connectivity index (χ0) is 15.0. The standard InChI is InChI=1S/C15H18N4O2/c1-9-2-3-12-11(8-9)13(18-17-12)15(21)19-6-4-10(5-7-19)14(16)20/h2-3,8,10H,4-7H2,1H3,(H2,16,20)(H,17,18). The number of H-pyrrole nitrogens is 1. The maximum Gasteiger partial charge on any atom is 0.274 e. The summed E-state index contributed by atoms with van der Waals surface area (Å²) in [6, 6.07) is 5.86. The van der Waals surface area contributed by atoms with Crippen molar-refractivity contribution in [1.82, 2.24) is 15.1 Å². The van der Waals surface area contributed by atoms with Crippen LogP contribution in [0.1, 0.15) is 28.9 Å². The maximum atomic E-state index is 12.6. The van der Waals surface area contributed by atoms with Crippen molar-refractivity contribution >= 4 is 22.7 Å². The average Bonchev–Trinajstić information content (AvgIpc) is 2.89. The van der Waals surface area contributed by atoms with Gasteiger partial charge in [-0.05, 0) is 31.9 Å². The van der Waals surface area contributed by atoms with Gasteiger partial charge in [0.15, 0.2) is 5.69 Å². The summed E-state index contributed by atoms with van der Waals surface area (Å²) in [5.41, 5.74) is 7.71. The number of hydrogen-bond acceptors (Lipinski definition) is 3. The molecule has 0 radical (unpaired) electrons. The molecule has 1 aliphatic heterocycles. The number of nitrogens with zero attached hydrogens (tertiary/aromatic N) is 2. The monoisotopic (exact) mass is 286 g/mol. The topological polar surface area (TPSA) is 92.1 Å². The molecular weight excluding hydrogens is 268 g/mol. The van der Waals surface area contributed by atoms with Gasteiger partial charge >= 0.3 is 0 Å². The average molecular weight is 286 g/mol. The van der Waals surface area contributed by atoms with Crippen LogP contribution in [0.25, 0.3) is 10.9 Å². The Morgan fingerprint density at radius 2 is 2.05 bits per heavy atom. The van der Waals surface area contributed by atoms with Crippen molar-refractivity contribution in [3.63, 3.8) is 0 Å². The van der Waals surface area contributed by atoms with Crippen LogP contribution in [0.5, 0.6) is 0 Å². The number of fused-ring (bicyclic) bond motifs is 1. The van der Waals surface area contributed by atoms with Crippen LogP contribution >= 0.6 is 0 Å². The summed E-state index contributed by atoms with van der Waals surface area (Å²) in [5, 5.41) is 7.89. The molecule has 0 aliphatic carbocycles. The third-order valence-corrected chi connectivity index (χ3v) is 4.11. The summed E-state index contributed by atoms with van der Waals surface area (Å²) in [6.07, 6.45) is 1.25. The molecule has 2 heterocycles. The first kappa shape index (κ1) is 13.6. The molecule has 1 saturated heterocycles. The van der Waals surface area contributed by atoms with E-state index < -0.39 is 0 Å². The van der Waals surface area contributed by atoms with E-state index in [0.717, 1.165) is 16.5 Å². The van der Waals surface area contributed by atoms with Crippen molar-refractivity contribution < 1.29 is 9.59 Å². The number of rotatable bonds is 2. The predicted octanol–water partition coefficient (Wildman–Crippen LogP) is 1.21. The third kappa shape index (κ3) is 2.49. The van der Waals surface area contributed by atoms with Gasteiger partial charge in [-0.2, -0.15) is 5.10 Å². The number of hydrogen-bond donors (Lipinski definition) is 2. The molecule has 0 unspecified atom stereocenters. The van der Waals surface area contributed by atoms with E-state index in [1.165, 1.54) is 0 Å². The number of aromatic amines is 1. The van der Waals surface area contributed by atoms with E-state index in [-0.39, 0.29) is 17.7 Å². The van der Waals surface area contributed by atoms with Crippen molar-refractivity contribution in [1.29, 1.82) is 0 Å². The summed E-state index contributed by atoms with van der Waals surface area (Å²) in [6.45, 7) is 3.08. The minimum absolute atomic E-state index is 0.0882. The van der Waals surface area contributed by atoms with Crippen molar-refractivity contribution in [2.24, 2.45) is 11.7 Å². The predicted molar refractivity (Wildman–Crippen MR) is 78.7 cm³/mol. The number of aryl methyl sites for hydroxylation is 1. The highest BCUT2D eigenvalue weighted by Crippen LogP contribution is 2.22. The Labute approximate surface area is 122 Å². The van der Waals surface area contributed by atoms with Gasteiger partial charge in [0.2, 0.25) is 5.91 Å².